The Balaban J connectivity index is 2.52. The van der Waals surface area contributed by atoms with Gasteiger partial charge in [-0.1, -0.05) is 0 Å². The molecule has 3 amide bonds. The molecule has 0 bridgehead atoms. The lowest BCUT2D eigenvalue weighted by Gasteiger charge is -2.17. The van der Waals surface area contributed by atoms with Gasteiger partial charge in [-0.05, 0) is 31.5 Å². The largest absolute Gasteiger partial charge is 0.496 e. The van der Waals surface area contributed by atoms with Crippen molar-refractivity contribution < 1.29 is 18.7 Å². The van der Waals surface area contributed by atoms with Crippen molar-refractivity contribution in [1.29, 1.82) is 0 Å². The van der Waals surface area contributed by atoms with Crippen molar-refractivity contribution in [3.63, 3.8) is 0 Å². The van der Waals surface area contributed by atoms with Gasteiger partial charge in [-0.15, -0.1) is 0 Å². The number of carbonyl (C=O) groups excluding carboxylic acids is 2. The smallest absolute Gasteiger partial charge is 0.315 e. The van der Waals surface area contributed by atoms with Crippen LogP contribution in [0.25, 0.3) is 0 Å². The summed E-state index contributed by atoms with van der Waals surface area (Å²) < 4.78 is 18.4. The van der Waals surface area contributed by atoms with Crippen molar-refractivity contribution in [1.82, 2.24) is 10.6 Å². The topological polar surface area (TPSA) is 93.4 Å². The zero-order valence-corrected chi connectivity index (χ0v) is 12.1. The fourth-order valence-electron chi connectivity index (χ4n) is 1.83. The maximum Gasteiger partial charge on any atom is 0.315 e. The Kier molecular flexibility index (Phi) is 6.45. The first-order valence-corrected chi connectivity index (χ1v) is 6.60. The van der Waals surface area contributed by atoms with Gasteiger partial charge < -0.3 is 21.1 Å². The molecule has 0 heterocycles. The van der Waals surface area contributed by atoms with E-state index in [4.69, 9.17) is 10.5 Å². The molecule has 0 aliphatic heterocycles. The van der Waals surface area contributed by atoms with Crippen LogP contribution in [0.5, 0.6) is 5.75 Å². The van der Waals surface area contributed by atoms with Crippen molar-refractivity contribution in [2.45, 2.75) is 25.8 Å². The summed E-state index contributed by atoms with van der Waals surface area (Å²) in [6.45, 7) is 2.06. The van der Waals surface area contributed by atoms with Crippen LogP contribution in [-0.2, 0) is 4.79 Å². The molecule has 1 rings (SSSR count). The summed E-state index contributed by atoms with van der Waals surface area (Å²) in [4.78, 5) is 22.2. The number of ether oxygens (including phenoxy) is 1. The van der Waals surface area contributed by atoms with Crippen molar-refractivity contribution in [3.8, 4) is 5.75 Å². The number of nitrogens with two attached hydrogens (primary N) is 1. The molecule has 7 heteroatoms. The van der Waals surface area contributed by atoms with E-state index in [0.29, 0.717) is 24.3 Å². The van der Waals surface area contributed by atoms with E-state index < -0.39 is 23.8 Å². The molecule has 6 nitrogen and oxygen atoms in total. The zero-order valence-electron chi connectivity index (χ0n) is 12.1. The van der Waals surface area contributed by atoms with Gasteiger partial charge in [0.15, 0.2) is 0 Å². The lowest BCUT2D eigenvalue weighted by Crippen LogP contribution is -2.37. The molecule has 0 unspecified atom stereocenters. The number of nitrogens with one attached hydrogen (secondary N) is 2. The van der Waals surface area contributed by atoms with E-state index in [-0.39, 0.29) is 6.42 Å². The van der Waals surface area contributed by atoms with Crippen LogP contribution < -0.4 is 21.1 Å². The summed E-state index contributed by atoms with van der Waals surface area (Å²) in [7, 11) is 1.48. The Bertz CT molecular complexity index is 508. The average molecular weight is 297 g/mol. The first-order valence-electron chi connectivity index (χ1n) is 6.60. The van der Waals surface area contributed by atoms with Crippen molar-refractivity contribution in [2.24, 2.45) is 5.73 Å². The predicted molar refractivity (Wildman–Crippen MR) is 76.3 cm³/mol. The average Bonchev–Trinajstić information content (AvgIpc) is 2.43. The van der Waals surface area contributed by atoms with Crippen LogP contribution in [0.3, 0.4) is 0 Å². The molecule has 1 aromatic carbocycles. The number of carbonyl (C=O) groups is 2. The highest BCUT2D eigenvalue weighted by atomic mass is 19.1. The minimum atomic E-state index is -0.424. The normalized spacial score (nSPS) is 11.6. The van der Waals surface area contributed by atoms with Gasteiger partial charge in [-0.2, -0.15) is 0 Å². The molecule has 0 aliphatic carbocycles. The first-order chi connectivity index (χ1) is 9.93. The Morgan fingerprint density at radius 1 is 1.43 bits per heavy atom. The summed E-state index contributed by atoms with van der Waals surface area (Å²) >= 11 is 0. The van der Waals surface area contributed by atoms with Crippen molar-refractivity contribution in [3.05, 3.63) is 29.6 Å². The van der Waals surface area contributed by atoms with Crippen LogP contribution in [0, 0.1) is 5.82 Å². The zero-order chi connectivity index (χ0) is 15.8. The Hall–Kier alpha value is -2.31. The molecule has 4 N–H and O–H groups in total. The number of primary amides is 1. The number of benzene rings is 1. The number of amides is 3. The lowest BCUT2D eigenvalue weighted by atomic mass is 10.1. The Morgan fingerprint density at radius 3 is 2.76 bits per heavy atom. The minimum absolute atomic E-state index is 0.216. The number of halogens is 1. The maximum atomic E-state index is 13.3. The highest BCUT2D eigenvalue weighted by Gasteiger charge is 2.14. The van der Waals surface area contributed by atoms with Crippen molar-refractivity contribution in [2.75, 3.05) is 13.7 Å². The molecule has 0 spiro atoms. The predicted octanol–water partition coefficient (Wildman–Crippen LogP) is 1.46. The van der Waals surface area contributed by atoms with Gasteiger partial charge in [0, 0.05) is 18.5 Å². The minimum Gasteiger partial charge on any atom is -0.496 e. The molecule has 21 heavy (non-hydrogen) atoms. The Morgan fingerprint density at radius 2 is 2.14 bits per heavy atom. The molecule has 1 atom stereocenters. The first kappa shape index (κ1) is 16.7. The summed E-state index contributed by atoms with van der Waals surface area (Å²) in [6.07, 6.45) is 0.688. The van der Waals surface area contributed by atoms with E-state index >= 15 is 0 Å². The van der Waals surface area contributed by atoms with E-state index in [2.05, 4.69) is 10.6 Å². The van der Waals surface area contributed by atoms with E-state index in [1.807, 2.05) is 0 Å². The van der Waals surface area contributed by atoms with Gasteiger partial charge >= 0.3 is 6.03 Å². The summed E-state index contributed by atoms with van der Waals surface area (Å²) in [5.41, 5.74) is 5.54. The number of rotatable bonds is 7. The van der Waals surface area contributed by atoms with Crippen LogP contribution in [0.4, 0.5) is 9.18 Å². The standard InChI is InChI=1S/C14H20FN3O3/c1-9(11-8-10(15)5-6-12(11)21-2)18-14(20)17-7-3-4-13(16)19/h5-6,8-9H,3-4,7H2,1-2H3,(H2,16,19)(H2,17,18,20)/t9-/m1/s1. The third kappa shape index (κ3) is 5.68. The molecule has 0 saturated carbocycles. The van der Waals surface area contributed by atoms with Gasteiger partial charge in [0.1, 0.15) is 11.6 Å². The molecule has 1 aromatic rings. The molecular weight excluding hydrogens is 277 g/mol. The second-order valence-corrected chi connectivity index (χ2v) is 4.58. The van der Waals surface area contributed by atoms with E-state index in [9.17, 15) is 14.0 Å². The number of hydrogen-bond acceptors (Lipinski definition) is 3. The number of methoxy groups -OCH3 is 1. The van der Waals surface area contributed by atoms with Crippen LogP contribution in [0.1, 0.15) is 31.4 Å². The fourth-order valence-corrected chi connectivity index (χ4v) is 1.83. The molecule has 0 aromatic heterocycles. The van der Waals surface area contributed by atoms with E-state index in [0.717, 1.165) is 0 Å². The quantitative estimate of drug-likeness (QED) is 0.665. The molecule has 116 valence electrons. The lowest BCUT2D eigenvalue weighted by molar-refractivity contribution is -0.118. The van der Waals surface area contributed by atoms with E-state index in [1.54, 1.807) is 6.92 Å². The third-order valence-corrected chi connectivity index (χ3v) is 2.89. The molecule has 0 saturated heterocycles. The third-order valence-electron chi connectivity index (χ3n) is 2.89. The monoisotopic (exact) mass is 297 g/mol. The second kappa shape index (κ2) is 8.08. The van der Waals surface area contributed by atoms with Crippen molar-refractivity contribution >= 4 is 11.9 Å². The highest BCUT2D eigenvalue weighted by Crippen LogP contribution is 2.25. The summed E-state index contributed by atoms with van der Waals surface area (Å²) in [5.74, 6) is -0.311. The summed E-state index contributed by atoms with van der Waals surface area (Å²) in [6, 6.07) is 3.29. The molecule has 0 radical (unpaired) electrons. The Labute approximate surface area is 122 Å². The van der Waals surface area contributed by atoms with Crippen LogP contribution >= 0.6 is 0 Å². The SMILES string of the molecule is COc1ccc(F)cc1[C@@H](C)NC(=O)NCCCC(N)=O. The van der Waals surface area contributed by atoms with Crippen LogP contribution in [-0.4, -0.2) is 25.6 Å². The van der Waals surface area contributed by atoms with Gasteiger partial charge in [0.25, 0.3) is 0 Å². The summed E-state index contributed by atoms with van der Waals surface area (Å²) in [5, 5.41) is 5.27. The van der Waals surface area contributed by atoms with Crippen LogP contribution in [0.15, 0.2) is 18.2 Å². The molecule has 0 fully saturated rings. The highest BCUT2D eigenvalue weighted by molar-refractivity contribution is 5.75. The van der Waals surface area contributed by atoms with Crippen LogP contribution in [0.2, 0.25) is 0 Å². The van der Waals surface area contributed by atoms with Gasteiger partial charge in [-0.25, -0.2) is 9.18 Å². The maximum absolute atomic E-state index is 13.3. The second-order valence-electron chi connectivity index (χ2n) is 4.58. The van der Waals surface area contributed by atoms with Gasteiger partial charge in [-0.3, -0.25) is 4.79 Å². The molecular formula is C14H20FN3O3. The fraction of sp³-hybridized carbons (Fsp3) is 0.429. The number of urea groups is 1. The van der Waals surface area contributed by atoms with Gasteiger partial charge in [0.2, 0.25) is 5.91 Å². The molecule has 0 aliphatic rings. The van der Waals surface area contributed by atoms with E-state index in [1.165, 1.54) is 25.3 Å². The number of hydrogen-bond donors (Lipinski definition) is 3. The van der Waals surface area contributed by atoms with Gasteiger partial charge in [0.05, 0.1) is 13.2 Å².